The Labute approximate surface area is 186 Å². The first kappa shape index (κ1) is 22.8. The number of ether oxygens (including phenoxy) is 1. The maximum absolute atomic E-state index is 13.0. The predicted octanol–water partition coefficient (Wildman–Crippen LogP) is 5.04. The van der Waals surface area contributed by atoms with E-state index in [2.05, 4.69) is 48.4 Å². The summed E-state index contributed by atoms with van der Waals surface area (Å²) in [5.41, 5.74) is 1.89. The van der Waals surface area contributed by atoms with Gasteiger partial charge in [0.1, 0.15) is 18.2 Å². The van der Waals surface area contributed by atoms with Crippen molar-refractivity contribution in [1.82, 2.24) is 14.8 Å². The number of benzene rings is 2. The Morgan fingerprint density at radius 3 is 2.39 bits per heavy atom. The maximum Gasteiger partial charge on any atom is 0.234 e. The van der Waals surface area contributed by atoms with Gasteiger partial charge in [-0.15, -0.1) is 10.2 Å². The average Bonchev–Trinajstić information content (AvgIpc) is 3.14. The van der Waals surface area contributed by atoms with Crippen LogP contribution >= 0.6 is 11.8 Å². The summed E-state index contributed by atoms with van der Waals surface area (Å²) in [4.78, 5) is 12.2. The number of amides is 1. The molecule has 0 atom stereocenters. The highest BCUT2D eigenvalue weighted by molar-refractivity contribution is 7.99. The quantitative estimate of drug-likeness (QED) is 0.495. The van der Waals surface area contributed by atoms with Crippen LogP contribution in [0.1, 0.15) is 39.1 Å². The molecule has 1 N–H and O–H groups in total. The largest absolute Gasteiger partial charge is 0.486 e. The van der Waals surface area contributed by atoms with Crippen LogP contribution in [0.3, 0.4) is 0 Å². The molecular weight excluding hydrogens is 415 g/mol. The molecule has 164 valence electrons. The number of halogens is 1. The molecule has 0 radical (unpaired) electrons. The van der Waals surface area contributed by atoms with Crippen molar-refractivity contribution in [2.45, 2.75) is 51.4 Å². The minimum Gasteiger partial charge on any atom is -0.486 e. The summed E-state index contributed by atoms with van der Waals surface area (Å²) in [6.45, 7) is 9.46. The molecule has 0 aliphatic heterocycles. The molecule has 3 aromatic rings. The Morgan fingerprint density at radius 2 is 1.77 bits per heavy atom. The van der Waals surface area contributed by atoms with Crippen molar-refractivity contribution >= 4 is 23.4 Å². The van der Waals surface area contributed by atoms with Crippen molar-refractivity contribution < 1.29 is 13.9 Å². The summed E-state index contributed by atoms with van der Waals surface area (Å²) < 4.78 is 20.8. The Morgan fingerprint density at radius 1 is 1.10 bits per heavy atom. The van der Waals surface area contributed by atoms with Crippen molar-refractivity contribution in [2.24, 2.45) is 0 Å². The summed E-state index contributed by atoms with van der Waals surface area (Å²) in [6.07, 6.45) is 0. The third-order valence-electron chi connectivity index (χ3n) is 4.66. The lowest BCUT2D eigenvalue weighted by Gasteiger charge is -2.19. The highest BCUT2D eigenvalue weighted by Gasteiger charge is 2.15. The Hall–Kier alpha value is -2.87. The lowest BCUT2D eigenvalue weighted by molar-refractivity contribution is -0.113. The van der Waals surface area contributed by atoms with Crippen LogP contribution in [0.15, 0.2) is 53.7 Å². The second-order valence-corrected chi connectivity index (χ2v) is 8.99. The van der Waals surface area contributed by atoms with Crippen molar-refractivity contribution in [3.63, 3.8) is 0 Å². The molecule has 1 aromatic heterocycles. The first-order chi connectivity index (χ1) is 14.8. The summed E-state index contributed by atoms with van der Waals surface area (Å²) in [5, 5.41) is 11.8. The first-order valence-corrected chi connectivity index (χ1v) is 11.1. The lowest BCUT2D eigenvalue weighted by Crippen LogP contribution is -2.15. The highest BCUT2D eigenvalue weighted by atomic mass is 32.2. The summed E-state index contributed by atoms with van der Waals surface area (Å²) in [7, 11) is 0. The van der Waals surface area contributed by atoms with Gasteiger partial charge in [0.15, 0.2) is 11.0 Å². The van der Waals surface area contributed by atoms with Crippen LogP contribution in [0.5, 0.6) is 5.75 Å². The Bertz CT molecular complexity index is 1010. The molecule has 0 unspecified atom stereocenters. The van der Waals surface area contributed by atoms with E-state index in [0.29, 0.717) is 23.2 Å². The predicted molar refractivity (Wildman–Crippen MR) is 121 cm³/mol. The molecule has 0 spiro atoms. The standard InChI is InChI=1S/C23H27FN4O2S/c1-5-28-20(14-30-19-12-6-16(7-13-19)23(2,3)4)26-27-22(28)31-15-21(29)25-18-10-8-17(24)9-11-18/h6-13H,5,14-15H2,1-4H3,(H,25,29). The third-order valence-corrected chi connectivity index (χ3v) is 5.63. The molecule has 0 aliphatic rings. The highest BCUT2D eigenvalue weighted by Crippen LogP contribution is 2.25. The molecule has 2 aromatic carbocycles. The van der Waals surface area contributed by atoms with Gasteiger partial charge in [-0.25, -0.2) is 4.39 Å². The SMILES string of the molecule is CCn1c(COc2ccc(C(C)(C)C)cc2)nnc1SCC(=O)Nc1ccc(F)cc1. The van der Waals surface area contributed by atoms with E-state index in [1.54, 1.807) is 0 Å². The number of rotatable bonds is 8. The molecular formula is C23H27FN4O2S. The van der Waals surface area contributed by atoms with Gasteiger partial charge in [0, 0.05) is 12.2 Å². The topological polar surface area (TPSA) is 69.0 Å². The van der Waals surface area contributed by atoms with Crippen LogP contribution < -0.4 is 10.1 Å². The van der Waals surface area contributed by atoms with E-state index in [1.807, 2.05) is 23.6 Å². The molecule has 1 amide bonds. The van der Waals surface area contributed by atoms with Gasteiger partial charge >= 0.3 is 0 Å². The fourth-order valence-electron chi connectivity index (χ4n) is 2.91. The van der Waals surface area contributed by atoms with Gasteiger partial charge in [-0.05, 0) is 54.3 Å². The van der Waals surface area contributed by atoms with Gasteiger partial charge in [-0.2, -0.15) is 0 Å². The van der Waals surface area contributed by atoms with E-state index in [0.717, 1.165) is 5.75 Å². The maximum atomic E-state index is 13.0. The number of carbonyl (C=O) groups is 1. The monoisotopic (exact) mass is 442 g/mol. The van der Waals surface area contributed by atoms with Crippen molar-refractivity contribution in [3.05, 3.63) is 65.7 Å². The van der Waals surface area contributed by atoms with Gasteiger partial charge in [-0.3, -0.25) is 4.79 Å². The normalized spacial score (nSPS) is 11.4. The lowest BCUT2D eigenvalue weighted by atomic mass is 9.87. The second kappa shape index (κ2) is 9.96. The number of carbonyl (C=O) groups excluding carboxylic acids is 1. The van der Waals surface area contributed by atoms with Crippen molar-refractivity contribution in [2.75, 3.05) is 11.1 Å². The summed E-state index contributed by atoms with van der Waals surface area (Å²) >= 11 is 1.30. The number of nitrogens with one attached hydrogen (secondary N) is 1. The van der Waals surface area contributed by atoms with Gasteiger partial charge in [0.05, 0.1) is 5.75 Å². The number of hydrogen-bond donors (Lipinski definition) is 1. The molecule has 3 rings (SSSR count). The molecule has 8 heteroatoms. The molecule has 0 fully saturated rings. The molecule has 0 aliphatic carbocycles. The van der Waals surface area contributed by atoms with Crippen LogP contribution in [-0.2, 0) is 23.4 Å². The Kier molecular flexibility index (Phi) is 7.33. The third kappa shape index (κ3) is 6.30. The van der Waals surface area contributed by atoms with E-state index in [1.165, 1.54) is 41.6 Å². The second-order valence-electron chi connectivity index (χ2n) is 8.05. The van der Waals surface area contributed by atoms with Gasteiger partial charge in [0.2, 0.25) is 5.91 Å². The van der Waals surface area contributed by atoms with Crippen LogP contribution in [0, 0.1) is 5.82 Å². The van der Waals surface area contributed by atoms with E-state index < -0.39 is 0 Å². The van der Waals surface area contributed by atoms with E-state index in [4.69, 9.17) is 4.74 Å². The van der Waals surface area contributed by atoms with Crippen molar-refractivity contribution in [1.29, 1.82) is 0 Å². The van der Waals surface area contributed by atoms with Crippen LogP contribution in [-0.4, -0.2) is 26.4 Å². The van der Waals surface area contributed by atoms with E-state index in [-0.39, 0.29) is 29.5 Å². The van der Waals surface area contributed by atoms with Gasteiger partial charge in [0.25, 0.3) is 0 Å². The summed E-state index contributed by atoms with van der Waals surface area (Å²) in [5.74, 6) is 1.10. The summed E-state index contributed by atoms with van der Waals surface area (Å²) in [6, 6.07) is 13.7. The molecule has 0 bridgehead atoms. The average molecular weight is 443 g/mol. The smallest absolute Gasteiger partial charge is 0.234 e. The first-order valence-electron chi connectivity index (χ1n) is 10.1. The molecule has 0 saturated carbocycles. The van der Waals surface area contributed by atoms with Crippen LogP contribution in [0.4, 0.5) is 10.1 Å². The number of hydrogen-bond acceptors (Lipinski definition) is 5. The van der Waals surface area contributed by atoms with Crippen molar-refractivity contribution in [3.8, 4) is 5.75 Å². The number of anilines is 1. The zero-order valence-corrected chi connectivity index (χ0v) is 19.0. The van der Waals surface area contributed by atoms with E-state index in [9.17, 15) is 9.18 Å². The molecule has 6 nitrogen and oxygen atoms in total. The van der Waals surface area contributed by atoms with Crippen LogP contribution in [0.25, 0.3) is 0 Å². The van der Waals surface area contributed by atoms with Gasteiger partial charge in [-0.1, -0.05) is 44.7 Å². The Balaban J connectivity index is 1.56. The molecule has 31 heavy (non-hydrogen) atoms. The van der Waals surface area contributed by atoms with Gasteiger partial charge < -0.3 is 14.6 Å². The molecule has 1 heterocycles. The molecule has 0 saturated heterocycles. The zero-order valence-electron chi connectivity index (χ0n) is 18.2. The minimum absolute atomic E-state index is 0.0933. The number of nitrogens with zero attached hydrogens (tertiary/aromatic N) is 3. The van der Waals surface area contributed by atoms with Crippen LogP contribution in [0.2, 0.25) is 0 Å². The number of thioether (sulfide) groups is 1. The fourth-order valence-corrected chi connectivity index (χ4v) is 3.73. The fraction of sp³-hybridized carbons (Fsp3) is 0.348. The zero-order chi connectivity index (χ0) is 22.4. The minimum atomic E-state index is -0.344. The van der Waals surface area contributed by atoms with E-state index >= 15 is 0 Å². The number of aromatic nitrogens is 3.